The number of phenolic OH excluding ortho intramolecular Hbond substituents is 1. The fourth-order valence-corrected chi connectivity index (χ4v) is 1.77. The molecule has 0 fully saturated rings. The highest BCUT2D eigenvalue weighted by atomic mass is 35.5. The van der Waals surface area contributed by atoms with Gasteiger partial charge in [-0.1, -0.05) is 11.6 Å². The summed E-state index contributed by atoms with van der Waals surface area (Å²) in [5.41, 5.74) is 1.18. The Labute approximate surface area is 112 Å². The smallest absolute Gasteiger partial charge is 0.255 e. The van der Waals surface area contributed by atoms with E-state index in [4.69, 9.17) is 16.3 Å². The van der Waals surface area contributed by atoms with Crippen LogP contribution in [0.15, 0.2) is 18.2 Å². The number of phenols is 1. The molecule has 18 heavy (non-hydrogen) atoms. The molecule has 2 N–H and O–H groups in total. The first-order chi connectivity index (χ1) is 8.58. The molecule has 100 valence electrons. The summed E-state index contributed by atoms with van der Waals surface area (Å²) in [5.74, 6) is -0.0436. The molecular formula is C13H18ClNO3. The van der Waals surface area contributed by atoms with Crippen molar-refractivity contribution in [3.8, 4) is 5.75 Å². The Morgan fingerprint density at radius 1 is 1.56 bits per heavy atom. The standard InChI is InChI=1S/C13H18ClNO3/c1-9-3-4-12(16)11(7-9)13(17)15-10(8-14)5-6-18-2/h3-4,7,10,16H,5-6,8H2,1-2H3,(H,15,17). The number of amides is 1. The van der Waals surface area contributed by atoms with Crippen LogP contribution in [0.3, 0.4) is 0 Å². The fraction of sp³-hybridized carbons (Fsp3) is 0.462. The Morgan fingerprint density at radius 3 is 2.89 bits per heavy atom. The van der Waals surface area contributed by atoms with Crippen LogP contribution < -0.4 is 5.32 Å². The number of halogens is 1. The van der Waals surface area contributed by atoms with Crippen LogP contribution in [0.25, 0.3) is 0 Å². The molecule has 0 aliphatic heterocycles. The molecule has 1 unspecified atom stereocenters. The van der Waals surface area contributed by atoms with E-state index in [1.807, 2.05) is 6.92 Å². The van der Waals surface area contributed by atoms with Crippen LogP contribution in [0.1, 0.15) is 22.3 Å². The van der Waals surface area contributed by atoms with E-state index >= 15 is 0 Å². The van der Waals surface area contributed by atoms with E-state index in [-0.39, 0.29) is 23.3 Å². The number of benzene rings is 1. The van der Waals surface area contributed by atoms with Gasteiger partial charge in [0.2, 0.25) is 0 Å². The second-order valence-corrected chi connectivity index (χ2v) is 4.44. The number of carbonyl (C=O) groups excluding carboxylic acids is 1. The lowest BCUT2D eigenvalue weighted by molar-refractivity contribution is 0.0927. The van der Waals surface area contributed by atoms with E-state index in [0.717, 1.165) is 5.56 Å². The minimum Gasteiger partial charge on any atom is -0.507 e. The molecule has 4 nitrogen and oxygen atoms in total. The van der Waals surface area contributed by atoms with Crippen LogP contribution in [0, 0.1) is 6.92 Å². The van der Waals surface area contributed by atoms with Crippen LogP contribution >= 0.6 is 11.6 Å². The van der Waals surface area contributed by atoms with Gasteiger partial charge in [-0.25, -0.2) is 0 Å². The maximum Gasteiger partial charge on any atom is 0.255 e. The third-order valence-electron chi connectivity index (χ3n) is 2.59. The number of methoxy groups -OCH3 is 1. The molecule has 0 spiro atoms. The van der Waals surface area contributed by atoms with Crippen molar-refractivity contribution in [2.75, 3.05) is 19.6 Å². The first-order valence-corrected chi connectivity index (χ1v) is 6.27. The molecule has 1 aromatic carbocycles. The van der Waals surface area contributed by atoms with Gasteiger partial charge in [-0.05, 0) is 25.5 Å². The zero-order valence-electron chi connectivity index (χ0n) is 10.6. The lowest BCUT2D eigenvalue weighted by Crippen LogP contribution is -2.37. The Bertz CT molecular complexity index is 409. The average Bonchev–Trinajstić information content (AvgIpc) is 2.37. The van der Waals surface area contributed by atoms with Gasteiger partial charge in [0.15, 0.2) is 0 Å². The molecule has 0 bridgehead atoms. The maximum absolute atomic E-state index is 12.0. The Kier molecular flexibility index (Phi) is 5.95. The van der Waals surface area contributed by atoms with Gasteiger partial charge < -0.3 is 15.2 Å². The largest absolute Gasteiger partial charge is 0.507 e. The third-order valence-corrected chi connectivity index (χ3v) is 2.96. The summed E-state index contributed by atoms with van der Waals surface area (Å²) in [7, 11) is 1.60. The van der Waals surface area contributed by atoms with Crippen LogP contribution in [-0.4, -0.2) is 36.7 Å². The van der Waals surface area contributed by atoms with Crippen LogP contribution in [0.4, 0.5) is 0 Å². The summed E-state index contributed by atoms with van der Waals surface area (Å²) in [6.07, 6.45) is 0.637. The number of nitrogens with one attached hydrogen (secondary N) is 1. The summed E-state index contributed by atoms with van der Waals surface area (Å²) in [6, 6.07) is 4.73. The van der Waals surface area contributed by atoms with Gasteiger partial charge in [-0.2, -0.15) is 0 Å². The molecule has 0 saturated heterocycles. The fourth-order valence-electron chi connectivity index (χ4n) is 1.54. The number of hydrogen-bond acceptors (Lipinski definition) is 3. The first-order valence-electron chi connectivity index (χ1n) is 5.74. The molecule has 5 heteroatoms. The van der Waals surface area contributed by atoms with E-state index in [1.54, 1.807) is 19.2 Å². The molecule has 1 aromatic rings. The highest BCUT2D eigenvalue weighted by Gasteiger charge is 2.15. The number of carbonyl (C=O) groups is 1. The summed E-state index contributed by atoms with van der Waals surface area (Å²) < 4.78 is 4.94. The van der Waals surface area contributed by atoms with Gasteiger partial charge in [0, 0.05) is 25.6 Å². The third kappa shape index (κ3) is 4.20. The van der Waals surface area contributed by atoms with Crippen molar-refractivity contribution >= 4 is 17.5 Å². The van der Waals surface area contributed by atoms with Gasteiger partial charge in [0.1, 0.15) is 5.75 Å². The second-order valence-electron chi connectivity index (χ2n) is 4.13. The molecular weight excluding hydrogens is 254 g/mol. The van der Waals surface area contributed by atoms with Crippen LogP contribution in [0.2, 0.25) is 0 Å². The lowest BCUT2D eigenvalue weighted by Gasteiger charge is -2.16. The average molecular weight is 272 g/mol. The quantitative estimate of drug-likeness (QED) is 0.779. The molecule has 1 atom stereocenters. The van der Waals surface area contributed by atoms with E-state index in [9.17, 15) is 9.90 Å². The number of aryl methyl sites for hydroxylation is 1. The predicted molar refractivity (Wildman–Crippen MR) is 71.3 cm³/mol. The first kappa shape index (κ1) is 14.8. The Balaban J connectivity index is 2.71. The molecule has 1 rings (SSSR count). The molecule has 1 amide bonds. The summed E-state index contributed by atoms with van der Waals surface area (Å²) in [4.78, 5) is 12.0. The summed E-state index contributed by atoms with van der Waals surface area (Å²) >= 11 is 5.77. The van der Waals surface area contributed by atoms with Crippen molar-refractivity contribution < 1.29 is 14.6 Å². The summed E-state index contributed by atoms with van der Waals surface area (Å²) in [5, 5.41) is 12.4. The zero-order valence-corrected chi connectivity index (χ0v) is 11.3. The molecule has 0 aliphatic rings. The van der Waals surface area contributed by atoms with Gasteiger partial charge in [0.25, 0.3) is 5.91 Å². The zero-order chi connectivity index (χ0) is 13.5. The molecule has 0 heterocycles. The molecule has 0 radical (unpaired) electrons. The molecule has 0 aliphatic carbocycles. The highest BCUT2D eigenvalue weighted by Crippen LogP contribution is 2.18. The second kappa shape index (κ2) is 7.24. The van der Waals surface area contributed by atoms with Gasteiger partial charge in [-0.3, -0.25) is 4.79 Å². The number of aromatic hydroxyl groups is 1. The topological polar surface area (TPSA) is 58.6 Å². The normalized spacial score (nSPS) is 12.2. The van der Waals surface area contributed by atoms with E-state index in [0.29, 0.717) is 18.9 Å². The Morgan fingerprint density at radius 2 is 2.28 bits per heavy atom. The number of alkyl halides is 1. The van der Waals surface area contributed by atoms with Crippen molar-refractivity contribution in [3.63, 3.8) is 0 Å². The van der Waals surface area contributed by atoms with Crippen LogP contribution in [0.5, 0.6) is 5.75 Å². The van der Waals surface area contributed by atoms with E-state index in [1.165, 1.54) is 6.07 Å². The minimum atomic E-state index is -0.321. The van der Waals surface area contributed by atoms with Gasteiger partial charge in [0.05, 0.1) is 5.56 Å². The van der Waals surface area contributed by atoms with Crippen molar-refractivity contribution in [3.05, 3.63) is 29.3 Å². The van der Waals surface area contributed by atoms with E-state index < -0.39 is 0 Å². The van der Waals surface area contributed by atoms with Crippen molar-refractivity contribution in [1.82, 2.24) is 5.32 Å². The van der Waals surface area contributed by atoms with Crippen molar-refractivity contribution in [2.24, 2.45) is 0 Å². The monoisotopic (exact) mass is 271 g/mol. The van der Waals surface area contributed by atoms with Crippen molar-refractivity contribution in [1.29, 1.82) is 0 Å². The SMILES string of the molecule is COCCC(CCl)NC(=O)c1cc(C)ccc1O. The lowest BCUT2D eigenvalue weighted by atomic mass is 10.1. The number of ether oxygens (including phenoxy) is 1. The predicted octanol–water partition coefficient (Wildman–Crippen LogP) is 2.07. The van der Waals surface area contributed by atoms with Gasteiger partial charge >= 0.3 is 0 Å². The number of hydrogen-bond donors (Lipinski definition) is 2. The highest BCUT2D eigenvalue weighted by molar-refractivity contribution is 6.18. The van der Waals surface area contributed by atoms with Crippen LogP contribution in [-0.2, 0) is 4.74 Å². The van der Waals surface area contributed by atoms with Crippen molar-refractivity contribution in [2.45, 2.75) is 19.4 Å². The summed E-state index contributed by atoms with van der Waals surface area (Å²) in [6.45, 7) is 2.39. The Hall–Kier alpha value is -1.26. The van der Waals surface area contributed by atoms with E-state index in [2.05, 4.69) is 5.32 Å². The van der Waals surface area contributed by atoms with Gasteiger partial charge in [-0.15, -0.1) is 11.6 Å². The minimum absolute atomic E-state index is 0.0295. The molecule has 0 saturated carbocycles. The maximum atomic E-state index is 12.0. The molecule has 0 aromatic heterocycles. The number of rotatable bonds is 6.